The van der Waals surface area contributed by atoms with E-state index >= 15 is 0 Å². The van der Waals surface area contributed by atoms with E-state index < -0.39 is 18.9 Å². The number of benzene rings is 1. The number of Topliss-reactive ketones (excluding diaryl/α,β-unsaturated/α-hetero) is 1. The SMILES string of the molecule is CC(=O)c1cc(Br)ccc1OCC(O)C(F)(F)F. The van der Waals surface area contributed by atoms with Crippen molar-refractivity contribution in [3.8, 4) is 5.75 Å². The van der Waals surface area contributed by atoms with Crippen LogP contribution < -0.4 is 4.74 Å². The van der Waals surface area contributed by atoms with Crippen molar-refractivity contribution in [2.45, 2.75) is 19.2 Å². The van der Waals surface area contributed by atoms with E-state index in [-0.39, 0.29) is 17.1 Å². The highest BCUT2D eigenvalue weighted by atomic mass is 79.9. The van der Waals surface area contributed by atoms with Gasteiger partial charge < -0.3 is 9.84 Å². The second kappa shape index (κ2) is 5.71. The summed E-state index contributed by atoms with van der Waals surface area (Å²) in [5.74, 6) is -0.332. The number of hydrogen-bond acceptors (Lipinski definition) is 3. The fraction of sp³-hybridized carbons (Fsp3) is 0.364. The minimum atomic E-state index is -4.74. The molecule has 0 heterocycles. The Balaban J connectivity index is 2.82. The lowest BCUT2D eigenvalue weighted by Gasteiger charge is -2.16. The van der Waals surface area contributed by atoms with Crippen molar-refractivity contribution in [1.29, 1.82) is 0 Å². The maximum atomic E-state index is 12.1. The number of hydrogen-bond donors (Lipinski definition) is 1. The van der Waals surface area contributed by atoms with Crippen LogP contribution in [-0.4, -0.2) is 29.8 Å². The van der Waals surface area contributed by atoms with Crippen LogP contribution in [-0.2, 0) is 0 Å². The summed E-state index contributed by atoms with van der Waals surface area (Å²) in [6, 6.07) is 4.34. The van der Waals surface area contributed by atoms with E-state index in [1.807, 2.05) is 0 Å². The van der Waals surface area contributed by atoms with Gasteiger partial charge in [-0.3, -0.25) is 4.79 Å². The molecule has 0 radical (unpaired) electrons. The molecule has 1 aromatic rings. The first-order chi connectivity index (χ1) is 8.21. The quantitative estimate of drug-likeness (QED) is 0.865. The van der Waals surface area contributed by atoms with Gasteiger partial charge in [-0.15, -0.1) is 0 Å². The van der Waals surface area contributed by atoms with Crippen LogP contribution >= 0.6 is 15.9 Å². The average Bonchev–Trinajstić information content (AvgIpc) is 2.25. The molecule has 0 fully saturated rings. The second-order valence-electron chi connectivity index (χ2n) is 3.57. The molecule has 3 nitrogen and oxygen atoms in total. The Labute approximate surface area is 110 Å². The molecule has 0 saturated carbocycles. The Morgan fingerprint density at radius 3 is 2.61 bits per heavy atom. The van der Waals surface area contributed by atoms with Gasteiger partial charge in [-0.05, 0) is 25.1 Å². The summed E-state index contributed by atoms with van der Waals surface area (Å²) in [4.78, 5) is 11.3. The standard InChI is InChI=1S/C11H10BrF3O3/c1-6(16)8-4-7(12)2-3-9(8)18-5-10(17)11(13,14)15/h2-4,10,17H,5H2,1H3. The molecule has 1 N–H and O–H groups in total. The zero-order valence-corrected chi connectivity index (χ0v) is 10.9. The van der Waals surface area contributed by atoms with Crippen molar-refractivity contribution in [2.24, 2.45) is 0 Å². The Morgan fingerprint density at radius 2 is 2.11 bits per heavy atom. The largest absolute Gasteiger partial charge is 0.490 e. The van der Waals surface area contributed by atoms with Gasteiger partial charge in [-0.1, -0.05) is 15.9 Å². The van der Waals surface area contributed by atoms with Crippen LogP contribution in [0.3, 0.4) is 0 Å². The summed E-state index contributed by atoms with van der Waals surface area (Å²) < 4.78 is 41.6. The lowest BCUT2D eigenvalue weighted by atomic mass is 10.1. The van der Waals surface area contributed by atoms with Crippen LogP contribution in [0.25, 0.3) is 0 Å². The minimum absolute atomic E-state index is 0.00833. The van der Waals surface area contributed by atoms with E-state index in [9.17, 15) is 18.0 Å². The summed E-state index contributed by atoms with van der Waals surface area (Å²) in [7, 11) is 0. The highest BCUT2D eigenvalue weighted by molar-refractivity contribution is 9.10. The fourth-order valence-electron chi connectivity index (χ4n) is 1.17. The van der Waals surface area contributed by atoms with Gasteiger partial charge in [0.05, 0.1) is 5.56 Å². The molecule has 1 unspecified atom stereocenters. The van der Waals surface area contributed by atoms with Gasteiger partial charge in [0.1, 0.15) is 12.4 Å². The first-order valence-electron chi connectivity index (χ1n) is 4.90. The lowest BCUT2D eigenvalue weighted by Crippen LogP contribution is -2.34. The number of aliphatic hydroxyl groups is 1. The highest BCUT2D eigenvalue weighted by Crippen LogP contribution is 2.25. The molecule has 18 heavy (non-hydrogen) atoms. The summed E-state index contributed by atoms with van der Waals surface area (Å²) >= 11 is 3.14. The molecule has 0 aliphatic carbocycles. The molecule has 0 aliphatic rings. The molecule has 0 aromatic heterocycles. The third-order valence-corrected chi connectivity index (χ3v) is 2.59. The second-order valence-corrected chi connectivity index (χ2v) is 4.48. The molecular weight excluding hydrogens is 317 g/mol. The Bertz CT molecular complexity index is 446. The van der Waals surface area contributed by atoms with E-state index in [1.54, 1.807) is 0 Å². The monoisotopic (exact) mass is 326 g/mol. The molecule has 1 atom stereocenters. The molecule has 0 aliphatic heterocycles. The number of carbonyl (C=O) groups excluding carboxylic acids is 1. The van der Waals surface area contributed by atoms with Gasteiger partial charge in [0.25, 0.3) is 0 Å². The van der Waals surface area contributed by atoms with Gasteiger partial charge in [0.15, 0.2) is 11.9 Å². The molecule has 0 spiro atoms. The van der Waals surface area contributed by atoms with Crippen LogP contribution in [0.4, 0.5) is 13.2 Å². The predicted octanol–water partition coefficient (Wildman–Crippen LogP) is 2.95. The van der Waals surface area contributed by atoms with Crippen LogP contribution in [0, 0.1) is 0 Å². The molecule has 100 valence electrons. The first-order valence-corrected chi connectivity index (χ1v) is 5.69. The summed E-state index contributed by atoms with van der Waals surface area (Å²) in [5, 5.41) is 8.79. The zero-order valence-electron chi connectivity index (χ0n) is 9.29. The van der Waals surface area contributed by atoms with Crippen LogP contribution in [0.15, 0.2) is 22.7 Å². The minimum Gasteiger partial charge on any atom is -0.490 e. The van der Waals surface area contributed by atoms with E-state index in [0.717, 1.165) is 0 Å². The van der Waals surface area contributed by atoms with E-state index in [1.165, 1.54) is 25.1 Å². The molecule has 1 aromatic carbocycles. The molecule has 0 saturated heterocycles. The van der Waals surface area contributed by atoms with Crippen LogP contribution in [0.1, 0.15) is 17.3 Å². The topological polar surface area (TPSA) is 46.5 Å². The number of rotatable bonds is 4. The van der Waals surface area contributed by atoms with Gasteiger partial charge >= 0.3 is 6.18 Å². The third kappa shape index (κ3) is 3.99. The number of ketones is 1. The lowest BCUT2D eigenvalue weighted by molar-refractivity contribution is -0.210. The van der Waals surface area contributed by atoms with E-state index in [4.69, 9.17) is 9.84 Å². The molecule has 0 bridgehead atoms. The number of carbonyl (C=O) groups is 1. The normalized spacial score (nSPS) is 13.2. The highest BCUT2D eigenvalue weighted by Gasteiger charge is 2.38. The predicted molar refractivity (Wildman–Crippen MR) is 61.7 cm³/mol. The van der Waals surface area contributed by atoms with Gasteiger partial charge in [-0.2, -0.15) is 13.2 Å². The molecule has 0 amide bonds. The fourth-order valence-corrected chi connectivity index (χ4v) is 1.53. The number of halogens is 4. The first kappa shape index (κ1) is 15.0. The molecule has 1 rings (SSSR count). The summed E-state index contributed by atoms with van der Waals surface area (Å²) in [6.45, 7) is 0.320. The van der Waals surface area contributed by atoms with E-state index in [0.29, 0.717) is 4.47 Å². The van der Waals surface area contributed by atoms with Crippen molar-refractivity contribution >= 4 is 21.7 Å². The van der Waals surface area contributed by atoms with Crippen molar-refractivity contribution in [3.63, 3.8) is 0 Å². The van der Waals surface area contributed by atoms with Gasteiger partial charge in [0.2, 0.25) is 0 Å². The summed E-state index contributed by atoms with van der Waals surface area (Å²) in [6.07, 6.45) is -7.33. The Hall–Kier alpha value is -1.08. The number of alkyl halides is 3. The van der Waals surface area contributed by atoms with E-state index in [2.05, 4.69) is 15.9 Å². The van der Waals surface area contributed by atoms with Crippen molar-refractivity contribution in [2.75, 3.05) is 6.61 Å². The zero-order chi connectivity index (χ0) is 13.9. The molecule has 7 heteroatoms. The van der Waals surface area contributed by atoms with Gasteiger partial charge in [0, 0.05) is 4.47 Å². The smallest absolute Gasteiger partial charge is 0.417 e. The Morgan fingerprint density at radius 1 is 1.50 bits per heavy atom. The van der Waals surface area contributed by atoms with Gasteiger partial charge in [-0.25, -0.2) is 0 Å². The maximum Gasteiger partial charge on any atom is 0.417 e. The van der Waals surface area contributed by atoms with Crippen molar-refractivity contribution in [1.82, 2.24) is 0 Å². The summed E-state index contributed by atoms with van der Waals surface area (Å²) in [5.41, 5.74) is 0.152. The Kier molecular flexibility index (Phi) is 4.75. The average molecular weight is 327 g/mol. The maximum absolute atomic E-state index is 12.1. The third-order valence-electron chi connectivity index (χ3n) is 2.10. The van der Waals surface area contributed by atoms with Crippen molar-refractivity contribution in [3.05, 3.63) is 28.2 Å². The van der Waals surface area contributed by atoms with Crippen LogP contribution in [0.2, 0.25) is 0 Å². The van der Waals surface area contributed by atoms with Crippen LogP contribution in [0.5, 0.6) is 5.75 Å². The number of aliphatic hydroxyl groups excluding tert-OH is 1. The number of ether oxygens (including phenoxy) is 1. The van der Waals surface area contributed by atoms with Crippen molar-refractivity contribution < 1.29 is 27.8 Å². The molecular formula is C11H10BrF3O3.